The fraction of sp³-hybridized carbons (Fsp3) is 0.409. The quantitative estimate of drug-likeness (QED) is 0.629. The topological polar surface area (TPSA) is 111 Å². The standard InChI is InChI=1S/C22H29N7O3/c1-4-28(15-30)22(32)26-20-11-17(12-24-16(20)2)14-27-7-9-29(10-8-27)18-5-6-19(25-13-18)21(31)23-3/h5-6,11-13,15H,4,7-10,14H2,1-3H3,(H,23,31)(H,26,32). The van der Waals surface area contributed by atoms with Crippen molar-refractivity contribution in [2.75, 3.05) is 50.0 Å². The monoisotopic (exact) mass is 439 g/mol. The third-order valence-electron chi connectivity index (χ3n) is 5.47. The number of amides is 4. The van der Waals surface area contributed by atoms with Crippen LogP contribution in [-0.4, -0.2) is 77.9 Å². The molecule has 0 aromatic carbocycles. The molecule has 0 aliphatic carbocycles. The summed E-state index contributed by atoms with van der Waals surface area (Å²) >= 11 is 0. The van der Waals surface area contributed by atoms with Gasteiger partial charge in [0.15, 0.2) is 0 Å². The molecule has 3 rings (SSSR count). The van der Waals surface area contributed by atoms with Crippen LogP contribution >= 0.6 is 0 Å². The lowest BCUT2D eigenvalue weighted by molar-refractivity contribution is -0.115. The highest BCUT2D eigenvalue weighted by molar-refractivity contribution is 5.95. The SMILES string of the molecule is CCN(C=O)C(=O)Nc1cc(CN2CCN(c3ccc(C(=O)NC)nc3)CC2)cnc1C. The van der Waals surface area contributed by atoms with Crippen molar-refractivity contribution in [1.29, 1.82) is 0 Å². The minimum Gasteiger partial charge on any atom is -0.368 e. The van der Waals surface area contributed by atoms with E-state index >= 15 is 0 Å². The summed E-state index contributed by atoms with van der Waals surface area (Å²) in [4.78, 5) is 49.1. The summed E-state index contributed by atoms with van der Waals surface area (Å²) in [5.41, 5.74) is 3.69. The minimum atomic E-state index is -0.464. The van der Waals surface area contributed by atoms with Gasteiger partial charge in [0.2, 0.25) is 6.41 Å². The summed E-state index contributed by atoms with van der Waals surface area (Å²) < 4.78 is 0. The van der Waals surface area contributed by atoms with Crippen LogP contribution in [0.5, 0.6) is 0 Å². The van der Waals surface area contributed by atoms with E-state index in [0.717, 1.165) is 42.3 Å². The molecule has 10 nitrogen and oxygen atoms in total. The van der Waals surface area contributed by atoms with Crippen LogP contribution in [0.3, 0.4) is 0 Å². The molecule has 0 atom stereocenters. The highest BCUT2D eigenvalue weighted by atomic mass is 16.2. The van der Waals surface area contributed by atoms with E-state index in [-0.39, 0.29) is 5.91 Å². The van der Waals surface area contributed by atoms with Crippen LogP contribution < -0.4 is 15.5 Å². The Hall–Kier alpha value is -3.53. The number of nitrogens with one attached hydrogen (secondary N) is 2. The Kier molecular flexibility index (Phi) is 7.72. The molecule has 1 aliphatic heterocycles. The van der Waals surface area contributed by atoms with Crippen molar-refractivity contribution >= 4 is 29.7 Å². The molecule has 0 radical (unpaired) electrons. The summed E-state index contributed by atoms with van der Waals surface area (Å²) in [7, 11) is 1.59. The summed E-state index contributed by atoms with van der Waals surface area (Å²) in [5, 5.41) is 5.34. The Bertz CT molecular complexity index is 956. The molecule has 1 aliphatic rings. The number of carbonyl (C=O) groups excluding carboxylic acids is 3. The lowest BCUT2D eigenvalue weighted by atomic mass is 10.2. The molecule has 32 heavy (non-hydrogen) atoms. The van der Waals surface area contributed by atoms with Gasteiger partial charge in [0.1, 0.15) is 5.69 Å². The second-order valence-corrected chi connectivity index (χ2v) is 7.54. The molecular formula is C22H29N7O3. The minimum absolute atomic E-state index is 0.197. The predicted octanol–water partition coefficient (Wildman–Crippen LogP) is 1.48. The Morgan fingerprint density at radius 2 is 1.91 bits per heavy atom. The second-order valence-electron chi connectivity index (χ2n) is 7.54. The maximum Gasteiger partial charge on any atom is 0.328 e. The van der Waals surface area contributed by atoms with Gasteiger partial charge < -0.3 is 15.5 Å². The fourth-order valence-electron chi connectivity index (χ4n) is 3.50. The van der Waals surface area contributed by atoms with Crippen molar-refractivity contribution in [2.24, 2.45) is 0 Å². The van der Waals surface area contributed by atoms with Crippen molar-refractivity contribution in [1.82, 2.24) is 25.1 Å². The van der Waals surface area contributed by atoms with Gasteiger partial charge in [0, 0.05) is 52.5 Å². The number of hydrogen-bond donors (Lipinski definition) is 2. The van der Waals surface area contributed by atoms with Crippen LogP contribution in [0.4, 0.5) is 16.2 Å². The Labute approximate surface area is 187 Å². The molecule has 10 heteroatoms. The van der Waals surface area contributed by atoms with Gasteiger partial charge in [0.05, 0.1) is 23.3 Å². The number of carbonyl (C=O) groups is 3. The molecule has 2 N–H and O–H groups in total. The van der Waals surface area contributed by atoms with Crippen molar-refractivity contribution in [3.63, 3.8) is 0 Å². The van der Waals surface area contributed by atoms with Gasteiger partial charge in [-0.25, -0.2) is 9.78 Å². The number of piperazine rings is 1. The molecule has 2 aromatic rings. The second kappa shape index (κ2) is 10.7. The third-order valence-corrected chi connectivity index (χ3v) is 5.47. The van der Waals surface area contributed by atoms with Crippen molar-refractivity contribution in [2.45, 2.75) is 20.4 Å². The van der Waals surface area contributed by atoms with E-state index in [0.29, 0.717) is 36.6 Å². The average molecular weight is 440 g/mol. The van der Waals surface area contributed by atoms with Crippen LogP contribution in [0.1, 0.15) is 28.7 Å². The molecular weight excluding hydrogens is 410 g/mol. The number of rotatable bonds is 7. The molecule has 170 valence electrons. The fourth-order valence-corrected chi connectivity index (χ4v) is 3.50. The maximum absolute atomic E-state index is 12.2. The van der Waals surface area contributed by atoms with Gasteiger partial charge in [0.25, 0.3) is 5.91 Å². The van der Waals surface area contributed by atoms with Crippen LogP contribution in [-0.2, 0) is 11.3 Å². The van der Waals surface area contributed by atoms with Crippen LogP contribution in [0.15, 0.2) is 30.6 Å². The lowest BCUT2D eigenvalue weighted by Gasteiger charge is -2.36. The molecule has 4 amide bonds. The van der Waals surface area contributed by atoms with E-state index in [4.69, 9.17) is 0 Å². The summed E-state index contributed by atoms with van der Waals surface area (Å²) in [6.07, 6.45) is 4.07. The van der Waals surface area contributed by atoms with E-state index in [1.54, 1.807) is 26.2 Å². The van der Waals surface area contributed by atoms with E-state index < -0.39 is 6.03 Å². The maximum atomic E-state index is 12.2. The van der Waals surface area contributed by atoms with Crippen molar-refractivity contribution in [3.8, 4) is 0 Å². The Morgan fingerprint density at radius 3 is 2.50 bits per heavy atom. The van der Waals surface area contributed by atoms with Gasteiger partial charge in [-0.3, -0.25) is 24.4 Å². The van der Waals surface area contributed by atoms with Crippen molar-refractivity contribution in [3.05, 3.63) is 47.5 Å². The van der Waals surface area contributed by atoms with E-state index in [1.165, 1.54) is 0 Å². The number of imide groups is 1. The highest BCUT2D eigenvalue weighted by Gasteiger charge is 2.19. The molecule has 0 bridgehead atoms. The summed E-state index contributed by atoms with van der Waals surface area (Å²) in [5.74, 6) is -0.197. The number of urea groups is 1. The molecule has 2 aromatic heterocycles. The van der Waals surface area contributed by atoms with Crippen LogP contribution in [0, 0.1) is 6.92 Å². The highest BCUT2D eigenvalue weighted by Crippen LogP contribution is 2.19. The smallest absolute Gasteiger partial charge is 0.328 e. The molecule has 0 saturated carbocycles. The largest absolute Gasteiger partial charge is 0.368 e. The zero-order valence-corrected chi connectivity index (χ0v) is 18.7. The number of nitrogens with zero attached hydrogens (tertiary/aromatic N) is 5. The average Bonchev–Trinajstić information content (AvgIpc) is 2.82. The lowest BCUT2D eigenvalue weighted by Crippen LogP contribution is -2.46. The van der Waals surface area contributed by atoms with Gasteiger partial charge in [-0.15, -0.1) is 0 Å². The van der Waals surface area contributed by atoms with Gasteiger partial charge >= 0.3 is 6.03 Å². The first-order valence-corrected chi connectivity index (χ1v) is 10.6. The molecule has 1 fully saturated rings. The third kappa shape index (κ3) is 5.58. The van der Waals surface area contributed by atoms with E-state index in [9.17, 15) is 14.4 Å². The number of aromatic nitrogens is 2. The molecule has 1 saturated heterocycles. The Morgan fingerprint density at radius 1 is 1.16 bits per heavy atom. The molecule has 0 spiro atoms. The number of aryl methyl sites for hydroxylation is 1. The first-order chi connectivity index (χ1) is 15.4. The summed E-state index contributed by atoms with van der Waals surface area (Å²) in [6, 6.07) is 5.10. The van der Waals surface area contributed by atoms with Crippen LogP contribution in [0.25, 0.3) is 0 Å². The predicted molar refractivity (Wildman–Crippen MR) is 122 cm³/mol. The van der Waals surface area contributed by atoms with E-state index in [1.807, 2.05) is 25.3 Å². The molecule has 3 heterocycles. The zero-order valence-electron chi connectivity index (χ0n) is 18.7. The van der Waals surface area contributed by atoms with Gasteiger partial charge in [-0.05, 0) is 37.6 Å². The molecule has 0 unspecified atom stereocenters. The van der Waals surface area contributed by atoms with Gasteiger partial charge in [-0.2, -0.15) is 0 Å². The number of pyridine rings is 2. The normalized spacial score (nSPS) is 14.0. The van der Waals surface area contributed by atoms with Crippen LogP contribution in [0.2, 0.25) is 0 Å². The number of hydrogen-bond acceptors (Lipinski definition) is 7. The first kappa shape index (κ1) is 23.1. The van der Waals surface area contributed by atoms with E-state index in [2.05, 4.69) is 30.4 Å². The zero-order chi connectivity index (χ0) is 23.1. The Balaban J connectivity index is 1.57. The summed E-state index contributed by atoms with van der Waals surface area (Å²) in [6.45, 7) is 7.98. The number of anilines is 2. The van der Waals surface area contributed by atoms with Crippen molar-refractivity contribution < 1.29 is 14.4 Å². The first-order valence-electron chi connectivity index (χ1n) is 10.6. The van der Waals surface area contributed by atoms with Gasteiger partial charge in [-0.1, -0.05) is 0 Å².